The second-order valence-electron chi connectivity index (χ2n) is 4.82. The van der Waals surface area contributed by atoms with E-state index < -0.39 is 0 Å². The summed E-state index contributed by atoms with van der Waals surface area (Å²) in [6.07, 6.45) is 0.936. The summed E-state index contributed by atoms with van der Waals surface area (Å²) in [5, 5.41) is 3.40. The highest BCUT2D eigenvalue weighted by Gasteiger charge is 2.09. The van der Waals surface area contributed by atoms with Gasteiger partial charge in [-0.25, -0.2) is 0 Å². The molecule has 0 saturated carbocycles. The maximum Gasteiger partial charge on any atom is 0.148 e. The summed E-state index contributed by atoms with van der Waals surface area (Å²) >= 11 is 7.13. The highest BCUT2D eigenvalue weighted by atomic mass is 79.9. The van der Waals surface area contributed by atoms with Crippen LogP contribution in [0.5, 0.6) is 5.75 Å². The minimum Gasteiger partial charge on any atom is -0.487 e. The van der Waals surface area contributed by atoms with E-state index in [2.05, 4.69) is 76.7 Å². The molecule has 0 saturated heterocycles. The van der Waals surface area contributed by atoms with Crippen LogP contribution in [-0.2, 0) is 6.54 Å². The Morgan fingerprint density at radius 2 is 1.89 bits per heavy atom. The summed E-state index contributed by atoms with van der Waals surface area (Å²) < 4.78 is 7.72. The molecular weight excluding hydrogens is 370 g/mol. The Kier molecular flexibility index (Phi) is 7.11. The molecule has 0 spiro atoms. The van der Waals surface area contributed by atoms with E-state index in [0.29, 0.717) is 12.6 Å². The van der Waals surface area contributed by atoms with Gasteiger partial charge in [-0.3, -0.25) is 0 Å². The lowest BCUT2D eigenvalue weighted by atomic mass is 10.2. The summed E-state index contributed by atoms with van der Waals surface area (Å²) in [5.74, 6) is 0.836. The molecule has 0 aliphatic rings. The minimum absolute atomic E-state index is 0.473. The normalized spacial score (nSPS) is 10.8. The van der Waals surface area contributed by atoms with Crippen LogP contribution in [0.1, 0.15) is 32.8 Å². The van der Waals surface area contributed by atoms with Gasteiger partial charge in [0, 0.05) is 12.6 Å². The van der Waals surface area contributed by atoms with Crippen molar-refractivity contribution >= 4 is 31.9 Å². The zero-order chi connectivity index (χ0) is 14.4. The topological polar surface area (TPSA) is 21.3 Å². The van der Waals surface area contributed by atoms with Gasteiger partial charge in [-0.15, -0.1) is 0 Å². The van der Waals surface area contributed by atoms with E-state index in [1.165, 1.54) is 5.56 Å². The van der Waals surface area contributed by atoms with Crippen molar-refractivity contribution in [2.24, 2.45) is 0 Å². The van der Waals surface area contributed by atoms with Gasteiger partial charge in [-0.1, -0.05) is 27.4 Å². The van der Waals surface area contributed by atoms with Gasteiger partial charge in [-0.2, -0.15) is 0 Å². The zero-order valence-corrected chi connectivity index (χ0v) is 14.9. The van der Waals surface area contributed by atoms with Crippen molar-refractivity contribution in [3.05, 3.63) is 38.8 Å². The molecule has 0 radical (unpaired) electrons. The molecule has 1 aromatic rings. The minimum atomic E-state index is 0.473. The van der Waals surface area contributed by atoms with E-state index in [0.717, 1.165) is 33.2 Å². The van der Waals surface area contributed by atoms with Crippen molar-refractivity contribution in [2.75, 3.05) is 6.61 Å². The number of nitrogens with one attached hydrogen (secondary N) is 1. The third kappa shape index (κ3) is 5.67. The molecule has 0 fully saturated rings. The Labute approximate surface area is 132 Å². The quantitative estimate of drug-likeness (QED) is 0.657. The second-order valence-corrected chi connectivity index (χ2v) is 6.53. The second kappa shape index (κ2) is 8.08. The lowest BCUT2D eigenvalue weighted by Gasteiger charge is -2.14. The lowest BCUT2D eigenvalue weighted by Crippen LogP contribution is -2.21. The van der Waals surface area contributed by atoms with Crippen molar-refractivity contribution in [3.8, 4) is 5.75 Å². The first kappa shape index (κ1) is 16.7. The standard InChI is InChI=1S/C15H21Br2NO/c1-5-11(4)9-19-15-13(16)6-12(7-14(15)17)8-18-10(2)3/h6-7,10,18H,4-5,8-9H2,1-3H3. The molecule has 0 aromatic heterocycles. The van der Waals surface area contributed by atoms with Gasteiger partial charge in [0.15, 0.2) is 0 Å². The van der Waals surface area contributed by atoms with E-state index in [9.17, 15) is 0 Å². The smallest absolute Gasteiger partial charge is 0.148 e. The van der Waals surface area contributed by atoms with Crippen molar-refractivity contribution in [2.45, 2.75) is 39.8 Å². The van der Waals surface area contributed by atoms with E-state index in [1.807, 2.05) is 0 Å². The predicted molar refractivity (Wildman–Crippen MR) is 88.7 cm³/mol. The Hall–Kier alpha value is -0.320. The van der Waals surface area contributed by atoms with Crippen molar-refractivity contribution in [1.82, 2.24) is 5.32 Å². The highest BCUT2D eigenvalue weighted by molar-refractivity contribution is 9.11. The highest BCUT2D eigenvalue weighted by Crippen LogP contribution is 2.35. The Morgan fingerprint density at radius 1 is 1.32 bits per heavy atom. The zero-order valence-electron chi connectivity index (χ0n) is 11.7. The molecule has 2 nitrogen and oxygen atoms in total. The van der Waals surface area contributed by atoms with E-state index in [-0.39, 0.29) is 0 Å². The summed E-state index contributed by atoms with van der Waals surface area (Å²) in [6, 6.07) is 4.65. The molecule has 4 heteroatoms. The summed E-state index contributed by atoms with van der Waals surface area (Å²) in [5.41, 5.74) is 2.30. The molecule has 1 N–H and O–H groups in total. The van der Waals surface area contributed by atoms with Gasteiger partial charge in [0.2, 0.25) is 0 Å². The molecule has 0 aliphatic carbocycles. The largest absolute Gasteiger partial charge is 0.487 e. The van der Waals surface area contributed by atoms with Crippen molar-refractivity contribution in [3.63, 3.8) is 0 Å². The van der Waals surface area contributed by atoms with E-state index in [1.54, 1.807) is 0 Å². The molecule has 0 aliphatic heterocycles. The maximum absolute atomic E-state index is 5.79. The fourth-order valence-corrected chi connectivity index (χ4v) is 2.96. The van der Waals surface area contributed by atoms with Crippen LogP contribution < -0.4 is 10.1 Å². The Bertz CT molecular complexity index is 421. The maximum atomic E-state index is 5.79. The average molecular weight is 391 g/mol. The third-order valence-corrected chi connectivity index (χ3v) is 3.87. The molecule has 19 heavy (non-hydrogen) atoms. The first-order valence-electron chi connectivity index (χ1n) is 6.44. The van der Waals surface area contributed by atoms with E-state index in [4.69, 9.17) is 4.74 Å². The fourth-order valence-electron chi connectivity index (χ4n) is 1.45. The molecule has 0 heterocycles. The lowest BCUT2D eigenvalue weighted by molar-refractivity contribution is 0.344. The Morgan fingerprint density at radius 3 is 2.37 bits per heavy atom. The van der Waals surface area contributed by atoms with Crippen LogP contribution in [0.15, 0.2) is 33.2 Å². The van der Waals surface area contributed by atoms with Gasteiger partial charge >= 0.3 is 0 Å². The van der Waals surface area contributed by atoms with Crippen molar-refractivity contribution in [1.29, 1.82) is 0 Å². The first-order valence-corrected chi connectivity index (χ1v) is 8.03. The molecule has 1 rings (SSSR count). The van der Waals surface area contributed by atoms with Crippen molar-refractivity contribution < 1.29 is 4.74 Å². The van der Waals surface area contributed by atoms with Crippen LogP contribution in [0, 0.1) is 0 Å². The van der Waals surface area contributed by atoms with Crippen LogP contribution >= 0.6 is 31.9 Å². The van der Waals surface area contributed by atoms with Gasteiger partial charge in [0.05, 0.1) is 8.95 Å². The van der Waals surface area contributed by atoms with Crippen LogP contribution in [0.3, 0.4) is 0 Å². The molecular formula is C15H21Br2NO. The molecule has 0 unspecified atom stereocenters. The van der Waals surface area contributed by atoms with Crippen LogP contribution in [0.2, 0.25) is 0 Å². The molecule has 1 aromatic carbocycles. The number of halogens is 2. The van der Waals surface area contributed by atoms with Gasteiger partial charge in [-0.05, 0) is 61.5 Å². The van der Waals surface area contributed by atoms with Crippen LogP contribution in [0.4, 0.5) is 0 Å². The summed E-state index contributed by atoms with van der Waals surface area (Å²) in [6.45, 7) is 11.7. The molecule has 0 amide bonds. The summed E-state index contributed by atoms with van der Waals surface area (Å²) in [4.78, 5) is 0. The number of hydrogen-bond donors (Lipinski definition) is 1. The van der Waals surface area contributed by atoms with Gasteiger partial charge in [0.1, 0.15) is 12.4 Å². The van der Waals surface area contributed by atoms with Gasteiger partial charge < -0.3 is 10.1 Å². The fraction of sp³-hybridized carbons (Fsp3) is 0.467. The Balaban J connectivity index is 2.76. The van der Waals surface area contributed by atoms with Gasteiger partial charge in [0.25, 0.3) is 0 Å². The molecule has 0 atom stereocenters. The molecule has 0 bridgehead atoms. The number of hydrogen-bond acceptors (Lipinski definition) is 2. The SMILES string of the molecule is C=C(CC)COc1c(Br)cc(CNC(C)C)cc1Br. The average Bonchev–Trinajstić information content (AvgIpc) is 2.34. The van der Waals surface area contributed by atoms with Crippen LogP contribution in [0.25, 0.3) is 0 Å². The van der Waals surface area contributed by atoms with E-state index >= 15 is 0 Å². The van der Waals surface area contributed by atoms with Crippen LogP contribution in [-0.4, -0.2) is 12.6 Å². The number of benzene rings is 1. The molecule has 106 valence electrons. The summed E-state index contributed by atoms with van der Waals surface area (Å²) in [7, 11) is 0. The first-order chi connectivity index (χ1) is 8.93. The number of rotatable bonds is 7. The third-order valence-electron chi connectivity index (χ3n) is 2.69. The monoisotopic (exact) mass is 389 g/mol. The number of ether oxygens (including phenoxy) is 1. The predicted octanol–water partition coefficient (Wildman–Crippen LogP) is 5.05.